The van der Waals surface area contributed by atoms with Crippen molar-refractivity contribution >= 4 is 11.8 Å². The third-order valence-corrected chi connectivity index (χ3v) is 2.54. The van der Waals surface area contributed by atoms with Gasteiger partial charge in [-0.2, -0.15) is 0 Å². The Morgan fingerprint density at radius 3 is 2.38 bits per heavy atom. The van der Waals surface area contributed by atoms with Gasteiger partial charge in [-0.15, -0.1) is 0 Å². The lowest BCUT2D eigenvalue weighted by Crippen LogP contribution is -2.39. The Balaban J connectivity index is 2.39. The number of carbonyl (C=O) groups excluding carboxylic acids is 1. The van der Waals surface area contributed by atoms with Crippen molar-refractivity contribution in [3.8, 4) is 0 Å². The van der Waals surface area contributed by atoms with Gasteiger partial charge in [0.1, 0.15) is 0 Å². The molecule has 1 N–H and O–H groups in total. The molecular formula is C9H16N2O2. The van der Waals surface area contributed by atoms with Crippen LogP contribution in [-0.2, 0) is 4.74 Å². The summed E-state index contributed by atoms with van der Waals surface area (Å²) in [7, 11) is 1.40. The van der Waals surface area contributed by atoms with Crippen molar-refractivity contribution in [2.75, 3.05) is 20.2 Å². The molecule has 0 aliphatic carbocycles. The molecule has 0 spiro atoms. The zero-order valence-electron chi connectivity index (χ0n) is 8.17. The summed E-state index contributed by atoms with van der Waals surface area (Å²) in [6.45, 7) is 3.26. The molecule has 74 valence electrons. The first-order valence-corrected chi connectivity index (χ1v) is 4.53. The molecule has 0 saturated carbocycles. The minimum atomic E-state index is -0.249. The van der Waals surface area contributed by atoms with E-state index in [4.69, 9.17) is 5.41 Å². The van der Waals surface area contributed by atoms with E-state index in [1.165, 1.54) is 7.11 Å². The smallest absolute Gasteiger partial charge is 0.409 e. The van der Waals surface area contributed by atoms with Gasteiger partial charge < -0.3 is 15.0 Å². The molecule has 1 heterocycles. The van der Waals surface area contributed by atoms with Crippen molar-refractivity contribution in [1.29, 1.82) is 5.41 Å². The molecule has 4 nitrogen and oxygen atoms in total. The average Bonchev–Trinajstić information content (AvgIpc) is 2.17. The van der Waals surface area contributed by atoms with E-state index in [2.05, 4.69) is 4.74 Å². The number of ether oxygens (including phenoxy) is 1. The van der Waals surface area contributed by atoms with Crippen LogP contribution in [0.15, 0.2) is 0 Å². The van der Waals surface area contributed by atoms with Crippen molar-refractivity contribution < 1.29 is 9.53 Å². The van der Waals surface area contributed by atoms with Gasteiger partial charge in [-0.25, -0.2) is 4.79 Å². The zero-order valence-corrected chi connectivity index (χ0v) is 8.17. The third kappa shape index (κ3) is 2.44. The fourth-order valence-electron chi connectivity index (χ4n) is 1.62. The highest BCUT2D eigenvalue weighted by atomic mass is 16.5. The molecule has 0 bridgehead atoms. The Labute approximate surface area is 78.4 Å². The molecule has 0 aromatic heterocycles. The molecular weight excluding hydrogens is 168 g/mol. The first-order valence-electron chi connectivity index (χ1n) is 4.53. The minimum absolute atomic E-state index is 0.249. The summed E-state index contributed by atoms with van der Waals surface area (Å²) >= 11 is 0. The van der Waals surface area contributed by atoms with Crippen molar-refractivity contribution in [1.82, 2.24) is 4.90 Å². The molecule has 1 fully saturated rings. The Morgan fingerprint density at radius 2 is 2.00 bits per heavy atom. The topological polar surface area (TPSA) is 53.4 Å². The van der Waals surface area contributed by atoms with E-state index in [0.29, 0.717) is 19.0 Å². The van der Waals surface area contributed by atoms with Crippen LogP contribution in [-0.4, -0.2) is 36.9 Å². The molecule has 1 aliphatic heterocycles. The van der Waals surface area contributed by atoms with E-state index in [0.717, 1.165) is 18.6 Å². The first-order chi connectivity index (χ1) is 6.15. The fraction of sp³-hybridized carbons (Fsp3) is 0.778. The highest BCUT2D eigenvalue weighted by Gasteiger charge is 2.23. The van der Waals surface area contributed by atoms with Crippen LogP contribution in [0, 0.1) is 11.3 Å². The van der Waals surface area contributed by atoms with Gasteiger partial charge in [0.15, 0.2) is 0 Å². The van der Waals surface area contributed by atoms with Crippen LogP contribution in [0.3, 0.4) is 0 Å². The number of carbonyl (C=O) groups is 1. The Hall–Kier alpha value is -1.06. The number of hydrogen-bond donors (Lipinski definition) is 1. The van der Waals surface area contributed by atoms with Crippen LogP contribution in [0.25, 0.3) is 0 Å². The van der Waals surface area contributed by atoms with Crippen molar-refractivity contribution in [2.24, 2.45) is 5.92 Å². The molecule has 1 saturated heterocycles. The molecule has 13 heavy (non-hydrogen) atoms. The standard InChI is InChI=1S/C9H16N2O2/c1-7(10)8-3-5-11(6-4-8)9(12)13-2/h8,10H,3-6H2,1-2H3. The lowest BCUT2D eigenvalue weighted by Gasteiger charge is -2.30. The lowest BCUT2D eigenvalue weighted by atomic mass is 9.93. The Morgan fingerprint density at radius 1 is 1.46 bits per heavy atom. The second-order valence-electron chi connectivity index (χ2n) is 3.41. The van der Waals surface area contributed by atoms with Gasteiger partial charge in [-0.1, -0.05) is 0 Å². The molecule has 0 atom stereocenters. The van der Waals surface area contributed by atoms with Crippen LogP contribution in [0.2, 0.25) is 0 Å². The molecule has 1 aliphatic rings. The highest BCUT2D eigenvalue weighted by Crippen LogP contribution is 2.18. The SMILES string of the molecule is COC(=O)N1CCC(C(C)=N)CC1. The Kier molecular flexibility index (Phi) is 3.28. The van der Waals surface area contributed by atoms with E-state index in [9.17, 15) is 4.79 Å². The van der Waals surface area contributed by atoms with Crippen molar-refractivity contribution in [3.63, 3.8) is 0 Å². The average molecular weight is 184 g/mol. The summed E-state index contributed by atoms with van der Waals surface area (Å²) in [6.07, 6.45) is 1.54. The summed E-state index contributed by atoms with van der Waals surface area (Å²) in [5.41, 5.74) is 0.726. The van der Waals surface area contributed by atoms with Crippen LogP contribution in [0.4, 0.5) is 4.79 Å². The number of piperidine rings is 1. The summed E-state index contributed by atoms with van der Waals surface area (Å²) in [5.74, 6) is 0.362. The van der Waals surface area contributed by atoms with Crippen LogP contribution in [0.1, 0.15) is 19.8 Å². The predicted molar refractivity (Wildman–Crippen MR) is 50.1 cm³/mol. The summed E-state index contributed by atoms with van der Waals surface area (Å²) in [5, 5.41) is 7.47. The van der Waals surface area contributed by atoms with Gasteiger partial charge in [-0.3, -0.25) is 0 Å². The number of rotatable bonds is 1. The predicted octanol–water partition coefficient (Wildman–Crippen LogP) is 1.50. The quantitative estimate of drug-likeness (QED) is 0.628. The van der Waals surface area contributed by atoms with Gasteiger partial charge in [0.05, 0.1) is 7.11 Å². The van der Waals surface area contributed by atoms with Crippen molar-refractivity contribution in [3.05, 3.63) is 0 Å². The summed E-state index contributed by atoms with van der Waals surface area (Å²) in [6, 6.07) is 0. The van der Waals surface area contributed by atoms with Gasteiger partial charge in [0.25, 0.3) is 0 Å². The van der Waals surface area contributed by atoms with Gasteiger partial charge in [-0.05, 0) is 25.7 Å². The fourth-order valence-corrected chi connectivity index (χ4v) is 1.62. The second kappa shape index (κ2) is 4.25. The van der Waals surface area contributed by atoms with Crippen molar-refractivity contribution in [2.45, 2.75) is 19.8 Å². The van der Waals surface area contributed by atoms with Crippen LogP contribution in [0.5, 0.6) is 0 Å². The number of nitrogens with one attached hydrogen (secondary N) is 1. The number of methoxy groups -OCH3 is 1. The zero-order chi connectivity index (χ0) is 9.84. The highest BCUT2D eigenvalue weighted by molar-refractivity contribution is 5.81. The number of nitrogens with zero attached hydrogens (tertiary/aromatic N) is 1. The largest absolute Gasteiger partial charge is 0.453 e. The molecule has 1 amide bonds. The molecule has 0 radical (unpaired) electrons. The molecule has 0 aromatic carbocycles. The van der Waals surface area contributed by atoms with Crippen LogP contribution < -0.4 is 0 Å². The number of amides is 1. The molecule has 1 rings (SSSR count). The Bertz CT molecular complexity index is 208. The monoisotopic (exact) mass is 184 g/mol. The van der Waals surface area contributed by atoms with E-state index in [-0.39, 0.29) is 6.09 Å². The van der Waals surface area contributed by atoms with Gasteiger partial charge >= 0.3 is 6.09 Å². The normalized spacial score (nSPS) is 18.5. The summed E-state index contributed by atoms with van der Waals surface area (Å²) in [4.78, 5) is 12.8. The van der Waals surface area contributed by atoms with E-state index < -0.39 is 0 Å². The van der Waals surface area contributed by atoms with Gasteiger partial charge in [0.2, 0.25) is 0 Å². The van der Waals surface area contributed by atoms with E-state index in [1.807, 2.05) is 6.92 Å². The number of likely N-dealkylation sites (tertiary alicyclic amines) is 1. The maximum atomic E-state index is 11.1. The maximum absolute atomic E-state index is 11.1. The van der Waals surface area contributed by atoms with Gasteiger partial charge in [0, 0.05) is 18.8 Å². The number of hydrogen-bond acceptors (Lipinski definition) is 3. The first kappa shape index (κ1) is 10.0. The summed E-state index contributed by atoms with van der Waals surface area (Å²) < 4.78 is 4.62. The molecule has 0 aromatic rings. The molecule has 4 heteroatoms. The third-order valence-electron chi connectivity index (χ3n) is 2.54. The maximum Gasteiger partial charge on any atom is 0.409 e. The lowest BCUT2D eigenvalue weighted by molar-refractivity contribution is 0.111. The van der Waals surface area contributed by atoms with Crippen LogP contribution >= 0.6 is 0 Å². The second-order valence-corrected chi connectivity index (χ2v) is 3.41. The minimum Gasteiger partial charge on any atom is -0.453 e. The van der Waals surface area contributed by atoms with E-state index in [1.54, 1.807) is 4.90 Å². The molecule has 0 unspecified atom stereocenters. The van der Waals surface area contributed by atoms with E-state index >= 15 is 0 Å².